The van der Waals surface area contributed by atoms with Crippen LogP contribution >= 0.6 is 0 Å². The molecule has 1 atom stereocenters. The minimum Gasteiger partial charge on any atom is -0.352 e. The molecular formula is C26H33FN2O2. The van der Waals surface area contributed by atoms with Gasteiger partial charge in [-0.15, -0.1) is 0 Å². The molecule has 5 heteroatoms. The van der Waals surface area contributed by atoms with Crippen LogP contribution in [0.4, 0.5) is 4.39 Å². The number of rotatable bonds is 9. The van der Waals surface area contributed by atoms with Gasteiger partial charge in [-0.3, -0.25) is 9.59 Å². The Balaban J connectivity index is 1.73. The smallest absolute Gasteiger partial charge is 0.243 e. The molecule has 1 fully saturated rings. The molecule has 0 radical (unpaired) electrons. The van der Waals surface area contributed by atoms with Gasteiger partial charge in [0.15, 0.2) is 0 Å². The first-order valence-corrected chi connectivity index (χ1v) is 11.4. The molecule has 0 unspecified atom stereocenters. The Bertz CT molecular complexity index is 832. The highest BCUT2D eigenvalue weighted by Gasteiger charge is 2.30. The van der Waals surface area contributed by atoms with E-state index in [1.54, 1.807) is 17.0 Å². The molecule has 1 aliphatic rings. The van der Waals surface area contributed by atoms with Crippen molar-refractivity contribution in [2.75, 3.05) is 0 Å². The summed E-state index contributed by atoms with van der Waals surface area (Å²) in [5.74, 6) is -0.448. The summed E-state index contributed by atoms with van der Waals surface area (Å²) in [5, 5.41) is 3.18. The summed E-state index contributed by atoms with van der Waals surface area (Å²) >= 11 is 0. The van der Waals surface area contributed by atoms with Crippen molar-refractivity contribution in [1.29, 1.82) is 0 Å². The zero-order chi connectivity index (χ0) is 22.1. The maximum atomic E-state index is 13.4. The first-order chi connectivity index (χ1) is 15.1. The zero-order valence-corrected chi connectivity index (χ0v) is 18.4. The number of hydrogen-bond donors (Lipinski definition) is 1. The van der Waals surface area contributed by atoms with Crippen LogP contribution in [-0.2, 0) is 22.6 Å². The number of benzene rings is 2. The summed E-state index contributed by atoms with van der Waals surface area (Å²) < 4.78 is 13.4. The topological polar surface area (TPSA) is 49.4 Å². The summed E-state index contributed by atoms with van der Waals surface area (Å²) in [4.78, 5) is 28.1. The monoisotopic (exact) mass is 424 g/mol. The number of aryl methyl sites for hydroxylation is 1. The molecule has 2 amide bonds. The van der Waals surface area contributed by atoms with Crippen molar-refractivity contribution < 1.29 is 14.0 Å². The second-order valence-corrected chi connectivity index (χ2v) is 8.40. The largest absolute Gasteiger partial charge is 0.352 e. The van der Waals surface area contributed by atoms with Crippen LogP contribution in [-0.4, -0.2) is 28.8 Å². The fourth-order valence-electron chi connectivity index (χ4n) is 4.29. The Morgan fingerprint density at radius 2 is 1.68 bits per heavy atom. The number of carbonyl (C=O) groups excluding carboxylic acids is 2. The van der Waals surface area contributed by atoms with Gasteiger partial charge in [0.1, 0.15) is 11.9 Å². The van der Waals surface area contributed by atoms with Gasteiger partial charge in [-0.2, -0.15) is 0 Å². The fraction of sp³-hybridized carbons (Fsp3) is 0.462. The molecule has 1 aliphatic carbocycles. The quantitative estimate of drug-likeness (QED) is 0.615. The van der Waals surface area contributed by atoms with Gasteiger partial charge in [0, 0.05) is 19.0 Å². The molecule has 0 heterocycles. The molecule has 0 saturated heterocycles. The van der Waals surface area contributed by atoms with Crippen molar-refractivity contribution in [2.45, 2.75) is 76.9 Å². The van der Waals surface area contributed by atoms with E-state index in [4.69, 9.17) is 0 Å². The molecule has 0 spiro atoms. The van der Waals surface area contributed by atoms with Gasteiger partial charge >= 0.3 is 0 Å². The predicted molar refractivity (Wildman–Crippen MR) is 121 cm³/mol. The standard InChI is InChI=1S/C26H33FN2O2/c1-2-24(26(31)28-23-11-7-4-8-12-23)29(19-21-13-16-22(27)17-14-21)25(30)18-15-20-9-5-3-6-10-20/h3,5-6,9-10,13-14,16-17,23-24H,2,4,7-8,11-12,15,18-19H2,1H3,(H,28,31)/t24-/m0/s1. The van der Waals surface area contributed by atoms with Gasteiger partial charge in [-0.05, 0) is 48.9 Å². The lowest BCUT2D eigenvalue weighted by Gasteiger charge is -2.33. The van der Waals surface area contributed by atoms with Crippen LogP contribution in [0, 0.1) is 5.82 Å². The van der Waals surface area contributed by atoms with Crippen molar-refractivity contribution in [2.24, 2.45) is 0 Å². The molecule has 0 bridgehead atoms. The van der Waals surface area contributed by atoms with Gasteiger partial charge in [-0.25, -0.2) is 4.39 Å². The second kappa shape index (κ2) is 11.6. The minimum absolute atomic E-state index is 0.0566. The Labute approximate surface area is 184 Å². The normalized spacial score (nSPS) is 15.3. The van der Waals surface area contributed by atoms with Crippen molar-refractivity contribution in [1.82, 2.24) is 10.2 Å². The van der Waals surface area contributed by atoms with Gasteiger partial charge in [-0.1, -0.05) is 68.7 Å². The van der Waals surface area contributed by atoms with E-state index in [9.17, 15) is 14.0 Å². The Morgan fingerprint density at radius 3 is 2.32 bits per heavy atom. The van der Waals surface area contributed by atoms with E-state index in [0.717, 1.165) is 36.8 Å². The Hall–Kier alpha value is -2.69. The highest BCUT2D eigenvalue weighted by atomic mass is 19.1. The number of hydrogen-bond acceptors (Lipinski definition) is 2. The SMILES string of the molecule is CC[C@@H](C(=O)NC1CCCCC1)N(Cc1ccc(F)cc1)C(=O)CCc1ccccc1. The zero-order valence-electron chi connectivity index (χ0n) is 18.4. The third-order valence-electron chi connectivity index (χ3n) is 6.07. The summed E-state index contributed by atoms with van der Waals surface area (Å²) in [6, 6.07) is 15.7. The van der Waals surface area contributed by atoms with Crippen molar-refractivity contribution in [3.05, 3.63) is 71.5 Å². The van der Waals surface area contributed by atoms with E-state index in [2.05, 4.69) is 5.32 Å². The third kappa shape index (κ3) is 6.91. The number of amides is 2. The van der Waals surface area contributed by atoms with E-state index in [0.29, 0.717) is 25.8 Å². The molecule has 1 saturated carbocycles. The average Bonchev–Trinajstić information content (AvgIpc) is 2.80. The molecule has 3 rings (SSSR count). The number of nitrogens with one attached hydrogen (secondary N) is 1. The van der Waals surface area contributed by atoms with Crippen LogP contribution in [0.3, 0.4) is 0 Å². The molecule has 2 aromatic carbocycles. The van der Waals surface area contributed by atoms with Gasteiger partial charge < -0.3 is 10.2 Å². The first-order valence-electron chi connectivity index (χ1n) is 11.4. The highest BCUT2D eigenvalue weighted by Crippen LogP contribution is 2.20. The molecule has 0 aromatic heterocycles. The lowest BCUT2D eigenvalue weighted by atomic mass is 9.95. The van der Waals surface area contributed by atoms with Crippen LogP contribution in [0.25, 0.3) is 0 Å². The third-order valence-corrected chi connectivity index (χ3v) is 6.07. The molecule has 0 aliphatic heterocycles. The van der Waals surface area contributed by atoms with Crippen LogP contribution < -0.4 is 5.32 Å². The fourth-order valence-corrected chi connectivity index (χ4v) is 4.29. The van der Waals surface area contributed by atoms with E-state index < -0.39 is 6.04 Å². The molecule has 31 heavy (non-hydrogen) atoms. The average molecular weight is 425 g/mol. The molecule has 2 aromatic rings. The van der Waals surface area contributed by atoms with Gasteiger partial charge in [0.05, 0.1) is 0 Å². The predicted octanol–water partition coefficient (Wildman–Crippen LogP) is 5.01. The van der Waals surface area contributed by atoms with Crippen LogP contribution in [0.2, 0.25) is 0 Å². The van der Waals surface area contributed by atoms with E-state index in [-0.39, 0.29) is 23.7 Å². The molecular weight excluding hydrogens is 391 g/mol. The van der Waals surface area contributed by atoms with Crippen LogP contribution in [0.1, 0.15) is 63.0 Å². The summed E-state index contributed by atoms with van der Waals surface area (Å²) in [6.45, 7) is 2.23. The lowest BCUT2D eigenvalue weighted by Crippen LogP contribution is -2.51. The van der Waals surface area contributed by atoms with Crippen molar-refractivity contribution in [3.8, 4) is 0 Å². The highest BCUT2D eigenvalue weighted by molar-refractivity contribution is 5.88. The maximum absolute atomic E-state index is 13.4. The molecule has 166 valence electrons. The van der Waals surface area contributed by atoms with E-state index in [1.165, 1.54) is 18.6 Å². The minimum atomic E-state index is -0.532. The van der Waals surface area contributed by atoms with Gasteiger partial charge in [0.2, 0.25) is 11.8 Å². The van der Waals surface area contributed by atoms with E-state index >= 15 is 0 Å². The summed E-state index contributed by atoms with van der Waals surface area (Å²) in [7, 11) is 0. The Morgan fingerprint density at radius 1 is 1.00 bits per heavy atom. The van der Waals surface area contributed by atoms with Gasteiger partial charge in [0.25, 0.3) is 0 Å². The summed E-state index contributed by atoms with van der Waals surface area (Å²) in [6.07, 6.45) is 6.99. The van der Waals surface area contributed by atoms with Crippen LogP contribution in [0.15, 0.2) is 54.6 Å². The summed E-state index contributed by atoms with van der Waals surface area (Å²) in [5.41, 5.74) is 1.91. The Kier molecular flexibility index (Phi) is 8.63. The lowest BCUT2D eigenvalue weighted by molar-refractivity contribution is -0.141. The second-order valence-electron chi connectivity index (χ2n) is 8.40. The van der Waals surface area contributed by atoms with Crippen molar-refractivity contribution in [3.63, 3.8) is 0 Å². The van der Waals surface area contributed by atoms with E-state index in [1.807, 2.05) is 37.3 Å². The molecule has 1 N–H and O–H groups in total. The van der Waals surface area contributed by atoms with Crippen molar-refractivity contribution >= 4 is 11.8 Å². The number of carbonyl (C=O) groups is 2. The maximum Gasteiger partial charge on any atom is 0.243 e. The molecule has 4 nitrogen and oxygen atoms in total. The first kappa shape index (κ1) is 23.0. The van der Waals surface area contributed by atoms with Crippen LogP contribution in [0.5, 0.6) is 0 Å². The number of nitrogens with zero attached hydrogens (tertiary/aromatic N) is 1. The number of halogens is 1.